The molecule has 1 fully saturated rings. The number of hydrogen-bond acceptors (Lipinski definition) is 5. The highest BCUT2D eigenvalue weighted by atomic mass is 19.4. The molecule has 1 aromatic carbocycles. The molecule has 5 nitrogen and oxygen atoms in total. The van der Waals surface area contributed by atoms with E-state index in [9.17, 15) is 13.2 Å². The van der Waals surface area contributed by atoms with Crippen molar-refractivity contribution in [1.29, 1.82) is 0 Å². The molecule has 3 heterocycles. The van der Waals surface area contributed by atoms with Crippen molar-refractivity contribution in [1.82, 2.24) is 4.98 Å². The van der Waals surface area contributed by atoms with Crippen molar-refractivity contribution in [3.05, 3.63) is 53.7 Å². The van der Waals surface area contributed by atoms with Crippen LogP contribution in [0.4, 0.5) is 24.5 Å². The molecule has 3 atom stereocenters. The molecule has 3 N–H and O–H groups in total. The quantitative estimate of drug-likeness (QED) is 0.609. The van der Waals surface area contributed by atoms with Gasteiger partial charge >= 0.3 is 6.18 Å². The summed E-state index contributed by atoms with van der Waals surface area (Å²) in [6, 6.07) is 8.46. The van der Waals surface area contributed by atoms with Crippen molar-refractivity contribution >= 4 is 17.5 Å². The van der Waals surface area contributed by atoms with E-state index in [4.69, 9.17) is 15.2 Å². The number of pyridine rings is 1. The molecule has 0 bridgehead atoms. The number of nitrogens with zero attached hydrogens (tertiary/aromatic N) is 1. The minimum atomic E-state index is -4.54. The Morgan fingerprint density at radius 2 is 2.04 bits per heavy atom. The number of anilines is 2. The first-order valence-electron chi connectivity index (χ1n) is 8.77. The van der Waals surface area contributed by atoms with Crippen LogP contribution >= 0.6 is 0 Å². The van der Waals surface area contributed by atoms with Crippen LogP contribution in [0, 0.1) is 0 Å². The molecule has 148 valence electrons. The van der Waals surface area contributed by atoms with Gasteiger partial charge in [-0.15, -0.1) is 0 Å². The van der Waals surface area contributed by atoms with Gasteiger partial charge in [-0.05, 0) is 24.6 Å². The highest BCUT2D eigenvalue weighted by Gasteiger charge is 2.73. The van der Waals surface area contributed by atoms with Gasteiger partial charge < -0.3 is 20.5 Å². The maximum absolute atomic E-state index is 14.0. The third-order valence-electron chi connectivity index (χ3n) is 5.44. The van der Waals surface area contributed by atoms with Gasteiger partial charge in [0, 0.05) is 29.2 Å². The average molecular weight is 391 g/mol. The van der Waals surface area contributed by atoms with Gasteiger partial charge in [-0.3, -0.25) is 0 Å². The molecule has 0 amide bonds. The number of methoxy groups -OCH3 is 1. The summed E-state index contributed by atoms with van der Waals surface area (Å²) < 4.78 is 52.2. The second-order valence-electron chi connectivity index (χ2n) is 7.29. The SMILES string of the molecule is COc1ccc(C(C2(C)C=Cc3c(N)cccc3N2)C2(C(F)(F)F)CO2)cn1. The van der Waals surface area contributed by atoms with Crippen molar-refractivity contribution < 1.29 is 22.6 Å². The first-order chi connectivity index (χ1) is 13.2. The third-order valence-corrected chi connectivity index (χ3v) is 5.44. The van der Waals surface area contributed by atoms with E-state index in [1.54, 1.807) is 49.4 Å². The minimum Gasteiger partial charge on any atom is -0.481 e. The number of hydrogen-bond donors (Lipinski definition) is 2. The Hall–Kier alpha value is -2.74. The topological polar surface area (TPSA) is 72.7 Å². The predicted molar refractivity (Wildman–Crippen MR) is 100 cm³/mol. The standard InChI is InChI=1S/C20H20F3N3O2/c1-18(9-8-13-14(24)4-3-5-15(13)26-18)17(19(11-28-19)20(21,22)23)12-6-7-16(27-2)25-10-12/h3-10,17,26H,11,24H2,1-2H3. The fourth-order valence-electron chi connectivity index (χ4n) is 3.99. The van der Waals surface area contributed by atoms with Gasteiger partial charge in [0.1, 0.15) is 0 Å². The van der Waals surface area contributed by atoms with Gasteiger partial charge in [-0.25, -0.2) is 4.98 Å². The van der Waals surface area contributed by atoms with Crippen molar-refractivity contribution in [3.8, 4) is 5.88 Å². The molecule has 2 aromatic rings. The number of ether oxygens (including phenoxy) is 2. The second-order valence-corrected chi connectivity index (χ2v) is 7.29. The summed E-state index contributed by atoms with van der Waals surface area (Å²) in [7, 11) is 1.45. The number of aromatic nitrogens is 1. The van der Waals surface area contributed by atoms with Crippen LogP contribution in [0.2, 0.25) is 0 Å². The molecule has 0 saturated carbocycles. The van der Waals surface area contributed by atoms with E-state index in [0.717, 1.165) is 5.56 Å². The molecule has 0 aliphatic carbocycles. The number of alkyl halides is 3. The first-order valence-corrected chi connectivity index (χ1v) is 8.77. The Balaban J connectivity index is 1.82. The lowest BCUT2D eigenvalue weighted by Crippen LogP contribution is -2.52. The van der Waals surface area contributed by atoms with Crippen LogP contribution in [0.5, 0.6) is 5.88 Å². The summed E-state index contributed by atoms with van der Waals surface area (Å²) in [5.74, 6) is -0.736. The lowest BCUT2D eigenvalue weighted by atomic mass is 9.71. The number of rotatable bonds is 4. The Labute approximate surface area is 160 Å². The molecule has 4 rings (SSSR count). The molecule has 8 heteroatoms. The van der Waals surface area contributed by atoms with E-state index in [0.29, 0.717) is 22.8 Å². The summed E-state index contributed by atoms with van der Waals surface area (Å²) in [6.45, 7) is 1.32. The van der Waals surface area contributed by atoms with E-state index in [1.165, 1.54) is 13.3 Å². The molecule has 3 unspecified atom stereocenters. The smallest absolute Gasteiger partial charge is 0.420 e. The van der Waals surface area contributed by atoms with Gasteiger partial charge in [0.2, 0.25) is 5.88 Å². The minimum absolute atomic E-state index is 0.329. The fraction of sp³-hybridized carbons (Fsp3) is 0.350. The van der Waals surface area contributed by atoms with E-state index in [2.05, 4.69) is 10.3 Å². The normalized spacial score (nSPS) is 26.9. The van der Waals surface area contributed by atoms with E-state index >= 15 is 0 Å². The number of halogens is 3. The van der Waals surface area contributed by atoms with Gasteiger partial charge in [0.15, 0.2) is 5.60 Å². The van der Waals surface area contributed by atoms with Crippen molar-refractivity contribution in [2.75, 3.05) is 24.8 Å². The predicted octanol–water partition coefficient (Wildman–Crippen LogP) is 3.98. The van der Waals surface area contributed by atoms with Crippen LogP contribution in [0.15, 0.2) is 42.6 Å². The third kappa shape index (κ3) is 2.79. The molecular formula is C20H20F3N3O2. The second kappa shape index (κ2) is 6.13. The summed E-state index contributed by atoms with van der Waals surface area (Å²) >= 11 is 0. The maximum Gasteiger partial charge on any atom is 0.420 e. The summed E-state index contributed by atoms with van der Waals surface area (Å²) in [5.41, 5.74) is 5.02. The van der Waals surface area contributed by atoms with Gasteiger partial charge in [0.05, 0.1) is 25.2 Å². The van der Waals surface area contributed by atoms with Crippen molar-refractivity contribution in [3.63, 3.8) is 0 Å². The Bertz CT molecular complexity index is 923. The molecule has 1 aromatic heterocycles. The van der Waals surface area contributed by atoms with Crippen LogP contribution in [0.3, 0.4) is 0 Å². The van der Waals surface area contributed by atoms with Gasteiger partial charge in [-0.1, -0.05) is 24.3 Å². The number of fused-ring (bicyclic) bond motifs is 1. The summed E-state index contributed by atoms with van der Waals surface area (Å²) in [6.07, 6.45) is 0.355. The number of nitrogen functional groups attached to an aromatic ring is 1. The van der Waals surface area contributed by atoms with Crippen LogP contribution in [-0.2, 0) is 4.74 Å². The van der Waals surface area contributed by atoms with Crippen LogP contribution < -0.4 is 15.8 Å². The molecule has 1 saturated heterocycles. The summed E-state index contributed by atoms with van der Waals surface area (Å²) in [4.78, 5) is 4.11. The molecule has 28 heavy (non-hydrogen) atoms. The Morgan fingerprint density at radius 1 is 1.29 bits per heavy atom. The Kier molecular flexibility index (Phi) is 4.08. The molecule has 0 radical (unpaired) electrons. The van der Waals surface area contributed by atoms with E-state index in [1.807, 2.05) is 0 Å². The van der Waals surface area contributed by atoms with Gasteiger partial charge in [0.25, 0.3) is 0 Å². The largest absolute Gasteiger partial charge is 0.481 e. The zero-order chi connectivity index (χ0) is 20.2. The number of epoxide rings is 1. The van der Waals surface area contributed by atoms with Crippen LogP contribution in [0.25, 0.3) is 6.08 Å². The molecule has 0 spiro atoms. The average Bonchev–Trinajstić information content (AvgIpc) is 3.44. The maximum atomic E-state index is 14.0. The highest BCUT2D eigenvalue weighted by molar-refractivity contribution is 5.81. The van der Waals surface area contributed by atoms with Crippen molar-refractivity contribution in [2.24, 2.45) is 0 Å². The van der Waals surface area contributed by atoms with Crippen LogP contribution in [0.1, 0.15) is 24.0 Å². The van der Waals surface area contributed by atoms with E-state index < -0.39 is 29.8 Å². The number of benzene rings is 1. The van der Waals surface area contributed by atoms with Gasteiger partial charge in [-0.2, -0.15) is 13.2 Å². The molecule has 2 aliphatic rings. The first kappa shape index (κ1) is 18.6. The summed E-state index contributed by atoms with van der Waals surface area (Å²) in [5, 5.41) is 3.25. The van der Waals surface area contributed by atoms with Crippen LogP contribution in [-0.4, -0.2) is 36.0 Å². The highest BCUT2D eigenvalue weighted by Crippen LogP contribution is 2.58. The van der Waals surface area contributed by atoms with Crippen molar-refractivity contribution in [2.45, 2.75) is 30.2 Å². The number of nitrogens with two attached hydrogens (primary N) is 1. The number of nitrogens with one attached hydrogen (secondary N) is 1. The Morgan fingerprint density at radius 3 is 2.61 bits per heavy atom. The van der Waals surface area contributed by atoms with E-state index in [-0.39, 0.29) is 0 Å². The zero-order valence-corrected chi connectivity index (χ0v) is 15.4. The fourth-order valence-corrected chi connectivity index (χ4v) is 3.99. The lowest BCUT2D eigenvalue weighted by Gasteiger charge is -2.43. The molecular weight excluding hydrogens is 371 g/mol. The molecule has 2 aliphatic heterocycles. The zero-order valence-electron chi connectivity index (χ0n) is 15.4. The lowest BCUT2D eigenvalue weighted by molar-refractivity contribution is -0.193. The monoisotopic (exact) mass is 391 g/mol.